The first-order valence-electron chi connectivity index (χ1n) is 6.57. The molecule has 104 valence electrons. The van der Waals surface area contributed by atoms with Gasteiger partial charge in [-0.2, -0.15) is 0 Å². The summed E-state index contributed by atoms with van der Waals surface area (Å²) in [6.45, 7) is 2.26. The number of phenolic OH excluding ortho intramolecular Hbond substituents is 1. The lowest BCUT2D eigenvalue weighted by Crippen LogP contribution is -2.32. The molecule has 2 N–H and O–H groups in total. The Balaban J connectivity index is 2.18. The zero-order valence-electron chi connectivity index (χ0n) is 11.1. The van der Waals surface area contributed by atoms with Gasteiger partial charge >= 0.3 is 0 Å². The fraction of sp³-hybridized carbons (Fsp3) is 0.250. The van der Waals surface area contributed by atoms with E-state index in [-0.39, 0.29) is 11.3 Å². The Hall–Kier alpha value is -1.94. The molecule has 0 bridgehead atoms. The molecular weight excluding hydrogens is 260 g/mol. The third-order valence-electron chi connectivity index (χ3n) is 3.79. The molecule has 2 aromatic rings. The van der Waals surface area contributed by atoms with Crippen LogP contribution in [0.5, 0.6) is 5.75 Å². The van der Waals surface area contributed by atoms with Crippen molar-refractivity contribution in [2.24, 2.45) is 0 Å². The summed E-state index contributed by atoms with van der Waals surface area (Å²) in [4.78, 5) is 0. The lowest BCUT2D eigenvalue weighted by molar-refractivity contribution is 0.463. The minimum Gasteiger partial charge on any atom is -0.508 e. The van der Waals surface area contributed by atoms with Crippen molar-refractivity contribution < 1.29 is 13.9 Å². The third-order valence-corrected chi connectivity index (χ3v) is 3.79. The molecule has 2 aromatic carbocycles. The monoisotopic (exact) mass is 275 g/mol. The topological polar surface area (TPSA) is 32.3 Å². The van der Waals surface area contributed by atoms with Crippen LogP contribution in [0.4, 0.5) is 8.78 Å². The number of rotatable bonds is 1. The zero-order valence-corrected chi connectivity index (χ0v) is 11.1. The molecular formula is C16H15F2NO. The molecule has 0 aliphatic carbocycles. The van der Waals surface area contributed by atoms with Crippen molar-refractivity contribution in [1.29, 1.82) is 0 Å². The van der Waals surface area contributed by atoms with Crippen LogP contribution in [0.3, 0.4) is 0 Å². The van der Waals surface area contributed by atoms with Crippen LogP contribution in [0.1, 0.15) is 28.3 Å². The van der Waals surface area contributed by atoms with Gasteiger partial charge in [0.05, 0.1) is 6.04 Å². The number of hydrogen-bond acceptors (Lipinski definition) is 2. The van der Waals surface area contributed by atoms with Crippen molar-refractivity contribution >= 4 is 0 Å². The van der Waals surface area contributed by atoms with Crippen LogP contribution in [0.15, 0.2) is 30.3 Å². The van der Waals surface area contributed by atoms with E-state index in [1.165, 1.54) is 12.1 Å². The van der Waals surface area contributed by atoms with Gasteiger partial charge in [0.1, 0.15) is 17.4 Å². The summed E-state index contributed by atoms with van der Waals surface area (Å²) < 4.78 is 28.4. The molecule has 0 spiro atoms. The van der Waals surface area contributed by atoms with Crippen LogP contribution in [0, 0.1) is 18.6 Å². The number of fused-ring (bicyclic) bond motifs is 1. The van der Waals surface area contributed by atoms with Crippen molar-refractivity contribution in [2.45, 2.75) is 19.4 Å². The quantitative estimate of drug-likeness (QED) is 0.837. The Labute approximate surface area is 116 Å². The van der Waals surface area contributed by atoms with Crippen LogP contribution < -0.4 is 5.32 Å². The van der Waals surface area contributed by atoms with Gasteiger partial charge in [-0.15, -0.1) is 0 Å². The molecule has 0 fully saturated rings. The van der Waals surface area contributed by atoms with Crippen molar-refractivity contribution in [3.05, 3.63) is 64.2 Å². The smallest absolute Gasteiger partial charge is 0.134 e. The summed E-state index contributed by atoms with van der Waals surface area (Å²) in [7, 11) is 0. The second kappa shape index (κ2) is 4.87. The average Bonchev–Trinajstić information content (AvgIpc) is 2.44. The third kappa shape index (κ3) is 2.06. The molecule has 0 amide bonds. The molecule has 1 heterocycles. The number of aryl methyl sites for hydroxylation is 1. The average molecular weight is 275 g/mol. The summed E-state index contributed by atoms with van der Waals surface area (Å²) in [5, 5.41) is 12.8. The maximum absolute atomic E-state index is 14.3. The van der Waals surface area contributed by atoms with Crippen LogP contribution in [0.25, 0.3) is 0 Å². The molecule has 1 aliphatic heterocycles. The highest BCUT2D eigenvalue weighted by Crippen LogP contribution is 2.34. The Kier molecular flexibility index (Phi) is 3.18. The predicted octanol–water partition coefficient (Wildman–Crippen LogP) is 3.21. The molecule has 0 saturated heterocycles. The van der Waals surface area contributed by atoms with Gasteiger partial charge in [0.25, 0.3) is 0 Å². The van der Waals surface area contributed by atoms with E-state index in [1.807, 2.05) is 6.07 Å². The van der Waals surface area contributed by atoms with Gasteiger partial charge < -0.3 is 10.4 Å². The summed E-state index contributed by atoms with van der Waals surface area (Å²) in [5.41, 5.74) is 2.18. The largest absolute Gasteiger partial charge is 0.508 e. The molecule has 2 nitrogen and oxygen atoms in total. The molecule has 0 radical (unpaired) electrons. The first kappa shape index (κ1) is 13.1. The zero-order chi connectivity index (χ0) is 14.3. The second-order valence-electron chi connectivity index (χ2n) is 5.11. The van der Waals surface area contributed by atoms with Crippen molar-refractivity contribution in [3.8, 4) is 5.75 Å². The van der Waals surface area contributed by atoms with Crippen molar-refractivity contribution in [3.63, 3.8) is 0 Å². The van der Waals surface area contributed by atoms with E-state index in [1.54, 1.807) is 19.1 Å². The number of hydrogen-bond donors (Lipinski definition) is 2. The highest BCUT2D eigenvalue weighted by molar-refractivity contribution is 5.45. The van der Waals surface area contributed by atoms with Gasteiger partial charge in [0, 0.05) is 12.1 Å². The normalized spacial score (nSPS) is 17.9. The number of aromatic hydroxyl groups is 1. The highest BCUT2D eigenvalue weighted by Gasteiger charge is 2.27. The van der Waals surface area contributed by atoms with E-state index in [0.717, 1.165) is 17.5 Å². The Bertz CT molecular complexity index is 670. The van der Waals surface area contributed by atoms with Crippen LogP contribution in [-0.2, 0) is 6.42 Å². The lowest BCUT2D eigenvalue weighted by Gasteiger charge is -2.28. The van der Waals surface area contributed by atoms with Gasteiger partial charge in [-0.05, 0) is 48.2 Å². The van der Waals surface area contributed by atoms with Gasteiger partial charge in [-0.25, -0.2) is 8.78 Å². The van der Waals surface area contributed by atoms with Gasteiger partial charge in [0.2, 0.25) is 0 Å². The molecule has 0 aromatic heterocycles. The minimum atomic E-state index is -0.568. The maximum atomic E-state index is 14.3. The van der Waals surface area contributed by atoms with Crippen LogP contribution >= 0.6 is 0 Å². The van der Waals surface area contributed by atoms with Gasteiger partial charge in [-0.3, -0.25) is 0 Å². The molecule has 20 heavy (non-hydrogen) atoms. The van der Waals surface area contributed by atoms with E-state index < -0.39 is 17.7 Å². The summed E-state index contributed by atoms with van der Waals surface area (Å²) in [6.07, 6.45) is 0.779. The van der Waals surface area contributed by atoms with E-state index in [0.29, 0.717) is 12.1 Å². The summed E-state index contributed by atoms with van der Waals surface area (Å²) in [5.74, 6) is -0.994. The second-order valence-corrected chi connectivity index (χ2v) is 5.11. The molecule has 1 atom stereocenters. The fourth-order valence-electron chi connectivity index (χ4n) is 2.74. The van der Waals surface area contributed by atoms with E-state index in [2.05, 4.69) is 5.32 Å². The van der Waals surface area contributed by atoms with Gasteiger partial charge in [-0.1, -0.05) is 12.1 Å². The minimum absolute atomic E-state index is 0.0246. The van der Waals surface area contributed by atoms with Crippen molar-refractivity contribution in [2.75, 3.05) is 6.54 Å². The Morgan fingerprint density at radius 3 is 2.80 bits per heavy atom. The SMILES string of the molecule is Cc1ccc(F)c(C2NCCc3ccc(O)cc32)c1F. The van der Waals surface area contributed by atoms with E-state index >= 15 is 0 Å². The molecule has 1 unspecified atom stereocenters. The molecule has 1 aliphatic rings. The fourth-order valence-corrected chi connectivity index (χ4v) is 2.74. The summed E-state index contributed by atoms with van der Waals surface area (Å²) in [6, 6.07) is 7.14. The number of nitrogens with one attached hydrogen (secondary N) is 1. The number of halogens is 2. The lowest BCUT2D eigenvalue weighted by atomic mass is 9.88. The van der Waals surface area contributed by atoms with Crippen LogP contribution in [0.2, 0.25) is 0 Å². The Morgan fingerprint density at radius 2 is 2.00 bits per heavy atom. The van der Waals surface area contributed by atoms with Crippen molar-refractivity contribution in [1.82, 2.24) is 5.32 Å². The van der Waals surface area contributed by atoms with E-state index in [4.69, 9.17) is 0 Å². The number of phenols is 1. The maximum Gasteiger partial charge on any atom is 0.134 e. The molecule has 0 saturated carbocycles. The first-order valence-corrected chi connectivity index (χ1v) is 6.57. The molecule has 4 heteroatoms. The first-order chi connectivity index (χ1) is 9.58. The number of benzene rings is 2. The standard InChI is InChI=1S/C16H15F2NO/c1-9-2-5-13(17)14(15(9)18)16-12-8-11(20)4-3-10(12)6-7-19-16/h2-5,8,16,19-20H,6-7H2,1H3. The predicted molar refractivity (Wildman–Crippen MR) is 72.8 cm³/mol. The van der Waals surface area contributed by atoms with Gasteiger partial charge in [0.15, 0.2) is 0 Å². The van der Waals surface area contributed by atoms with E-state index in [9.17, 15) is 13.9 Å². The van der Waals surface area contributed by atoms with Crippen LogP contribution in [-0.4, -0.2) is 11.7 Å². The summed E-state index contributed by atoms with van der Waals surface area (Å²) >= 11 is 0. The Morgan fingerprint density at radius 1 is 1.20 bits per heavy atom. The highest BCUT2D eigenvalue weighted by atomic mass is 19.1. The molecule has 3 rings (SSSR count).